The van der Waals surface area contributed by atoms with E-state index in [1.165, 1.54) is 17.4 Å². The summed E-state index contributed by atoms with van der Waals surface area (Å²) in [6.07, 6.45) is 9.24. The molecule has 2 heterocycles. The van der Waals surface area contributed by atoms with Gasteiger partial charge in [-0.1, -0.05) is 58.1 Å². The first kappa shape index (κ1) is 22.3. The third kappa shape index (κ3) is 3.72. The van der Waals surface area contributed by atoms with Crippen molar-refractivity contribution in [2.75, 3.05) is 5.32 Å². The second-order valence-electron chi connectivity index (χ2n) is 11.6. The number of aldehydes is 1. The Kier molecular flexibility index (Phi) is 5.47. The second-order valence-corrected chi connectivity index (χ2v) is 17.3. The summed E-state index contributed by atoms with van der Waals surface area (Å²) in [7, 11) is -1.64. The lowest BCUT2D eigenvalue weighted by Gasteiger charge is -2.43. The normalized spacial score (nSPS) is 25.4. The van der Waals surface area contributed by atoms with E-state index in [2.05, 4.69) is 90.2 Å². The molecule has 6 heteroatoms. The van der Waals surface area contributed by atoms with Gasteiger partial charge < -0.3 is 14.7 Å². The van der Waals surface area contributed by atoms with Gasteiger partial charge in [0.15, 0.2) is 0 Å². The third-order valence-corrected chi connectivity index (χ3v) is 15.4. The maximum absolute atomic E-state index is 12.1. The highest BCUT2D eigenvalue weighted by Gasteiger charge is 2.50. The fourth-order valence-corrected chi connectivity index (χ4v) is 9.32. The molecule has 0 radical (unpaired) electrons. The highest BCUT2D eigenvalue weighted by Crippen LogP contribution is 2.55. The van der Waals surface area contributed by atoms with Gasteiger partial charge in [-0.05, 0) is 53.5 Å². The fourth-order valence-electron chi connectivity index (χ4n) is 6.06. The molecule has 174 valence electrons. The number of carbonyl (C=O) groups is 1. The molecular weight excluding hydrogens is 424 g/mol. The maximum atomic E-state index is 12.1. The molecule has 1 fully saturated rings. The molecule has 5 nitrogen and oxygen atoms in total. The van der Waals surface area contributed by atoms with Gasteiger partial charge in [-0.25, -0.2) is 9.97 Å². The van der Waals surface area contributed by atoms with Crippen LogP contribution in [0.1, 0.15) is 63.2 Å². The minimum Gasteiger partial charge on any atom is -0.363 e. The van der Waals surface area contributed by atoms with E-state index in [-0.39, 0.29) is 17.0 Å². The van der Waals surface area contributed by atoms with Crippen LogP contribution in [0.5, 0.6) is 0 Å². The molecule has 0 aliphatic heterocycles. The standard InChI is InChI=1S/C27H36N4OSi/c1-27(2,3)33(4,5)24-15-20(14-19(24)16-32)31-13-12-22-25(28-17-29-26(22)31)30-23-11-10-18-8-6-7-9-21(18)23/h6-9,12-13,16-17,19-20,23-24H,10-11,14-15H2,1-5H3,(H,28,29,30)/t19-,20+,23-,24-/m0/s1. The van der Waals surface area contributed by atoms with Gasteiger partial charge in [0, 0.05) is 18.2 Å². The average molecular weight is 461 g/mol. The Morgan fingerprint density at radius 2 is 1.91 bits per heavy atom. The number of rotatable bonds is 5. The molecule has 1 aromatic carbocycles. The van der Waals surface area contributed by atoms with Crippen LogP contribution in [0.4, 0.5) is 5.82 Å². The van der Waals surface area contributed by atoms with Gasteiger partial charge in [0.05, 0.1) is 19.5 Å². The van der Waals surface area contributed by atoms with Gasteiger partial charge in [-0.15, -0.1) is 0 Å². The third-order valence-electron chi connectivity index (χ3n) is 8.97. The van der Waals surface area contributed by atoms with Crippen LogP contribution in [-0.2, 0) is 11.2 Å². The number of aromatic nitrogens is 3. The van der Waals surface area contributed by atoms with E-state index in [0.717, 1.165) is 42.5 Å². The van der Waals surface area contributed by atoms with Crippen molar-refractivity contribution in [2.24, 2.45) is 5.92 Å². The predicted octanol–water partition coefficient (Wildman–Crippen LogP) is 6.56. The molecule has 4 atom stereocenters. The maximum Gasteiger partial charge on any atom is 0.145 e. The summed E-state index contributed by atoms with van der Waals surface area (Å²) in [5, 5.41) is 5.04. The van der Waals surface area contributed by atoms with Crippen molar-refractivity contribution in [3.63, 3.8) is 0 Å². The number of benzene rings is 1. The van der Waals surface area contributed by atoms with E-state index in [9.17, 15) is 4.79 Å². The number of hydrogen-bond donors (Lipinski definition) is 1. The number of fused-ring (bicyclic) bond motifs is 2. The van der Waals surface area contributed by atoms with Crippen molar-refractivity contribution < 1.29 is 4.79 Å². The van der Waals surface area contributed by atoms with E-state index < -0.39 is 8.07 Å². The summed E-state index contributed by atoms with van der Waals surface area (Å²) >= 11 is 0. The summed E-state index contributed by atoms with van der Waals surface area (Å²) in [6, 6.07) is 11.4. The van der Waals surface area contributed by atoms with Gasteiger partial charge in [-0.2, -0.15) is 0 Å². The summed E-state index contributed by atoms with van der Waals surface area (Å²) in [4.78, 5) is 21.4. The second kappa shape index (κ2) is 8.08. The van der Waals surface area contributed by atoms with Gasteiger partial charge >= 0.3 is 0 Å². The van der Waals surface area contributed by atoms with Crippen LogP contribution in [0.2, 0.25) is 23.7 Å². The highest BCUT2D eigenvalue weighted by atomic mass is 28.3. The van der Waals surface area contributed by atoms with Gasteiger partial charge in [0.1, 0.15) is 24.1 Å². The minimum absolute atomic E-state index is 0.141. The van der Waals surface area contributed by atoms with Crippen LogP contribution in [0.25, 0.3) is 11.0 Å². The van der Waals surface area contributed by atoms with Crippen molar-refractivity contribution in [1.29, 1.82) is 0 Å². The summed E-state index contributed by atoms with van der Waals surface area (Å²) < 4.78 is 2.31. The summed E-state index contributed by atoms with van der Waals surface area (Å²) in [5.74, 6) is 1.05. The number of carbonyl (C=O) groups excluding carboxylic acids is 1. The van der Waals surface area contributed by atoms with E-state index in [1.807, 2.05) is 0 Å². The SMILES string of the molecule is CC(C)(C)[Si](C)(C)[C@H]1C[C@H](n2ccc3c(N[C@H]4CCc5ccccc54)ncnc32)C[C@H]1C=O. The van der Waals surface area contributed by atoms with Gasteiger partial charge in [0.2, 0.25) is 0 Å². The molecule has 0 spiro atoms. The van der Waals surface area contributed by atoms with Crippen LogP contribution in [0.15, 0.2) is 42.9 Å². The molecule has 5 rings (SSSR count). The van der Waals surface area contributed by atoms with Crippen LogP contribution in [0, 0.1) is 5.92 Å². The largest absolute Gasteiger partial charge is 0.363 e. The smallest absolute Gasteiger partial charge is 0.145 e. The van der Waals surface area contributed by atoms with E-state index >= 15 is 0 Å². The Morgan fingerprint density at radius 3 is 2.67 bits per heavy atom. The van der Waals surface area contributed by atoms with E-state index in [4.69, 9.17) is 0 Å². The van der Waals surface area contributed by atoms with Crippen molar-refractivity contribution in [1.82, 2.24) is 14.5 Å². The molecule has 1 saturated carbocycles. The lowest BCUT2D eigenvalue weighted by Crippen LogP contribution is -2.43. The Labute approximate surface area is 198 Å². The number of nitrogens with zero attached hydrogens (tertiary/aromatic N) is 3. The summed E-state index contributed by atoms with van der Waals surface area (Å²) in [5.41, 5.74) is 4.28. The van der Waals surface area contributed by atoms with Crippen molar-refractivity contribution in [3.05, 3.63) is 54.0 Å². The first-order chi connectivity index (χ1) is 15.7. The zero-order valence-electron chi connectivity index (χ0n) is 20.5. The number of aryl methyl sites for hydroxylation is 1. The molecule has 1 N–H and O–H groups in total. The molecule has 0 unspecified atom stereocenters. The van der Waals surface area contributed by atoms with E-state index in [0.29, 0.717) is 11.6 Å². The van der Waals surface area contributed by atoms with Crippen LogP contribution < -0.4 is 5.32 Å². The van der Waals surface area contributed by atoms with Crippen LogP contribution >= 0.6 is 0 Å². The molecule has 33 heavy (non-hydrogen) atoms. The lowest BCUT2D eigenvalue weighted by molar-refractivity contribution is -0.111. The zero-order chi connectivity index (χ0) is 23.4. The van der Waals surface area contributed by atoms with Crippen LogP contribution in [0.3, 0.4) is 0 Å². The van der Waals surface area contributed by atoms with Crippen molar-refractivity contribution in [3.8, 4) is 0 Å². The fraction of sp³-hybridized carbons (Fsp3) is 0.519. The zero-order valence-corrected chi connectivity index (χ0v) is 21.5. The molecule has 0 saturated heterocycles. The number of nitrogens with one attached hydrogen (secondary N) is 1. The Hall–Kier alpha value is -2.47. The van der Waals surface area contributed by atoms with E-state index in [1.54, 1.807) is 6.33 Å². The van der Waals surface area contributed by atoms with Gasteiger partial charge in [0.25, 0.3) is 0 Å². The molecule has 2 aromatic heterocycles. The molecular formula is C27H36N4OSi. The lowest BCUT2D eigenvalue weighted by atomic mass is 10.1. The Bertz CT molecular complexity index is 1180. The molecule has 2 aliphatic rings. The first-order valence-electron chi connectivity index (χ1n) is 12.3. The summed E-state index contributed by atoms with van der Waals surface area (Å²) in [6.45, 7) is 12.0. The molecule has 3 aromatic rings. The van der Waals surface area contributed by atoms with Crippen LogP contribution in [-0.4, -0.2) is 28.9 Å². The number of hydrogen-bond acceptors (Lipinski definition) is 4. The molecule has 0 amide bonds. The van der Waals surface area contributed by atoms with Gasteiger partial charge in [-0.3, -0.25) is 0 Å². The average Bonchev–Trinajstić information content (AvgIpc) is 3.50. The number of anilines is 1. The molecule has 0 bridgehead atoms. The topological polar surface area (TPSA) is 59.8 Å². The first-order valence-corrected chi connectivity index (χ1v) is 15.4. The quantitative estimate of drug-likeness (QED) is 0.346. The highest BCUT2D eigenvalue weighted by molar-refractivity contribution is 6.81. The Balaban J connectivity index is 1.44. The minimum atomic E-state index is -1.64. The predicted molar refractivity (Wildman–Crippen MR) is 137 cm³/mol. The monoisotopic (exact) mass is 460 g/mol. The Morgan fingerprint density at radius 1 is 1.12 bits per heavy atom. The van der Waals surface area contributed by atoms with Crippen molar-refractivity contribution >= 4 is 31.2 Å². The molecule has 2 aliphatic carbocycles. The van der Waals surface area contributed by atoms with Crippen molar-refractivity contribution in [2.45, 2.75) is 82.2 Å².